The van der Waals surface area contributed by atoms with E-state index >= 15 is 0 Å². The molecule has 0 fully saturated rings. The zero-order chi connectivity index (χ0) is 18.4. The van der Waals surface area contributed by atoms with Crippen LogP contribution >= 0.6 is 0 Å². The van der Waals surface area contributed by atoms with Gasteiger partial charge in [0.2, 0.25) is 6.23 Å². The van der Waals surface area contributed by atoms with Crippen LogP contribution in [0.15, 0.2) is 77.9 Å². The SMILES string of the molecule is Cc1ccc(C2=NN3[C@@H](c4cccc(C)c4)Oc4ccccc4[C@@H]3C2)cc1. The lowest BCUT2D eigenvalue weighted by Gasteiger charge is -2.38. The minimum atomic E-state index is -0.201. The van der Waals surface area contributed by atoms with Crippen molar-refractivity contribution in [3.8, 4) is 5.75 Å². The third-order valence-electron chi connectivity index (χ3n) is 5.41. The lowest BCUT2D eigenvalue weighted by Crippen LogP contribution is -2.33. The molecule has 2 heterocycles. The number of aryl methyl sites for hydroxylation is 2. The second-order valence-electron chi connectivity index (χ2n) is 7.43. The van der Waals surface area contributed by atoms with E-state index in [1.807, 2.05) is 6.07 Å². The number of hydrogen-bond acceptors (Lipinski definition) is 3. The number of hydrogen-bond donors (Lipinski definition) is 0. The third kappa shape index (κ3) is 2.80. The molecule has 3 nitrogen and oxygen atoms in total. The third-order valence-corrected chi connectivity index (χ3v) is 5.41. The zero-order valence-corrected chi connectivity index (χ0v) is 15.6. The quantitative estimate of drug-likeness (QED) is 0.603. The standard InChI is InChI=1S/C24H22N2O/c1-16-10-12-18(13-11-16)21-15-22-20-8-3-4-9-23(20)27-24(26(22)25-21)19-7-5-6-17(2)14-19/h3-14,22,24H,15H2,1-2H3/t22-,24+/m0/s1. The van der Waals surface area contributed by atoms with Crippen molar-refractivity contribution >= 4 is 5.71 Å². The average Bonchev–Trinajstić information content (AvgIpc) is 3.13. The van der Waals surface area contributed by atoms with E-state index < -0.39 is 0 Å². The summed E-state index contributed by atoms with van der Waals surface area (Å²) in [7, 11) is 0. The molecule has 3 aromatic rings. The molecule has 2 aliphatic heterocycles. The number of hydrazone groups is 1. The van der Waals surface area contributed by atoms with Crippen molar-refractivity contribution in [3.63, 3.8) is 0 Å². The van der Waals surface area contributed by atoms with E-state index in [9.17, 15) is 0 Å². The van der Waals surface area contributed by atoms with E-state index in [1.54, 1.807) is 0 Å². The summed E-state index contributed by atoms with van der Waals surface area (Å²) in [5.74, 6) is 0.964. The summed E-state index contributed by atoms with van der Waals surface area (Å²) in [5.41, 5.74) is 7.17. The predicted octanol–water partition coefficient (Wildman–Crippen LogP) is 5.55. The molecular weight excluding hydrogens is 332 g/mol. The van der Waals surface area contributed by atoms with Crippen LogP contribution in [0.4, 0.5) is 0 Å². The molecule has 3 heteroatoms. The molecule has 0 spiro atoms. The molecule has 2 atom stereocenters. The summed E-state index contributed by atoms with van der Waals surface area (Å²) in [5, 5.41) is 7.17. The summed E-state index contributed by atoms with van der Waals surface area (Å²) in [6.45, 7) is 4.23. The van der Waals surface area contributed by atoms with E-state index in [0.717, 1.165) is 23.4 Å². The predicted molar refractivity (Wildman–Crippen MR) is 108 cm³/mol. The molecule has 0 N–H and O–H groups in total. The van der Waals surface area contributed by atoms with E-state index in [4.69, 9.17) is 9.84 Å². The minimum Gasteiger partial charge on any atom is -0.464 e. The number of rotatable bonds is 2. The number of ether oxygens (including phenoxy) is 1. The van der Waals surface area contributed by atoms with Gasteiger partial charge in [0.15, 0.2) is 0 Å². The molecule has 0 amide bonds. The van der Waals surface area contributed by atoms with Crippen molar-refractivity contribution in [2.75, 3.05) is 0 Å². The van der Waals surface area contributed by atoms with Crippen LogP contribution in [-0.4, -0.2) is 10.7 Å². The van der Waals surface area contributed by atoms with Gasteiger partial charge in [-0.25, -0.2) is 5.01 Å². The van der Waals surface area contributed by atoms with Crippen LogP contribution in [0.2, 0.25) is 0 Å². The van der Waals surface area contributed by atoms with Gasteiger partial charge in [0.1, 0.15) is 5.75 Å². The molecule has 0 saturated carbocycles. The smallest absolute Gasteiger partial charge is 0.213 e. The summed E-state index contributed by atoms with van der Waals surface area (Å²) in [6.07, 6.45) is 0.693. The first-order valence-corrected chi connectivity index (χ1v) is 9.44. The molecule has 0 radical (unpaired) electrons. The first-order valence-electron chi connectivity index (χ1n) is 9.44. The Bertz CT molecular complexity index is 1020. The zero-order valence-electron chi connectivity index (χ0n) is 15.6. The monoisotopic (exact) mass is 354 g/mol. The van der Waals surface area contributed by atoms with Crippen molar-refractivity contribution in [1.29, 1.82) is 0 Å². The first-order chi connectivity index (χ1) is 13.2. The largest absolute Gasteiger partial charge is 0.464 e. The Balaban J connectivity index is 1.60. The number of fused-ring (bicyclic) bond motifs is 3. The Kier molecular flexibility index (Phi) is 3.75. The van der Waals surface area contributed by atoms with E-state index in [1.165, 1.54) is 22.3 Å². The maximum atomic E-state index is 6.41. The highest BCUT2D eigenvalue weighted by Gasteiger charge is 2.40. The van der Waals surface area contributed by atoms with Crippen LogP contribution < -0.4 is 4.74 Å². The molecule has 3 aromatic carbocycles. The van der Waals surface area contributed by atoms with Crippen molar-refractivity contribution in [3.05, 3.63) is 101 Å². The summed E-state index contributed by atoms with van der Waals surface area (Å²) in [6, 6.07) is 25.7. The van der Waals surface area contributed by atoms with Gasteiger partial charge in [0.25, 0.3) is 0 Å². The number of para-hydroxylation sites is 1. The van der Waals surface area contributed by atoms with E-state index in [2.05, 4.69) is 85.6 Å². The van der Waals surface area contributed by atoms with Gasteiger partial charge in [-0.1, -0.05) is 77.9 Å². The van der Waals surface area contributed by atoms with Gasteiger partial charge in [0, 0.05) is 17.5 Å². The van der Waals surface area contributed by atoms with Gasteiger partial charge < -0.3 is 4.74 Å². The lowest BCUT2D eigenvalue weighted by atomic mass is 9.95. The van der Waals surface area contributed by atoms with Gasteiger partial charge in [-0.15, -0.1) is 0 Å². The Morgan fingerprint density at radius 2 is 1.70 bits per heavy atom. The van der Waals surface area contributed by atoms with Crippen LogP contribution in [0.25, 0.3) is 0 Å². The van der Waals surface area contributed by atoms with Crippen molar-refractivity contribution in [2.24, 2.45) is 5.10 Å². The Labute approximate surface area is 159 Å². The number of benzene rings is 3. The van der Waals surface area contributed by atoms with Crippen LogP contribution in [0.1, 0.15) is 46.5 Å². The normalized spacial score (nSPS) is 20.5. The van der Waals surface area contributed by atoms with Crippen LogP contribution in [-0.2, 0) is 0 Å². The highest BCUT2D eigenvalue weighted by Crippen LogP contribution is 2.47. The van der Waals surface area contributed by atoms with Crippen LogP contribution in [0.5, 0.6) is 5.75 Å². The molecule has 0 saturated heterocycles. The fourth-order valence-corrected chi connectivity index (χ4v) is 4.00. The van der Waals surface area contributed by atoms with Crippen LogP contribution in [0.3, 0.4) is 0 Å². The molecule has 2 aliphatic rings. The molecule has 27 heavy (non-hydrogen) atoms. The molecule has 134 valence electrons. The summed E-state index contributed by atoms with van der Waals surface area (Å²) in [4.78, 5) is 0. The maximum Gasteiger partial charge on any atom is 0.213 e. The molecule has 0 bridgehead atoms. The van der Waals surface area contributed by atoms with Gasteiger partial charge >= 0.3 is 0 Å². The molecular formula is C24H22N2O. The van der Waals surface area contributed by atoms with Gasteiger partial charge in [0.05, 0.1) is 11.8 Å². The first kappa shape index (κ1) is 16.1. The fraction of sp³-hybridized carbons (Fsp3) is 0.208. The Hall–Kier alpha value is -3.07. The molecule has 5 rings (SSSR count). The minimum absolute atomic E-state index is 0.201. The average molecular weight is 354 g/mol. The van der Waals surface area contributed by atoms with Crippen molar-refractivity contribution < 1.29 is 4.74 Å². The van der Waals surface area contributed by atoms with Gasteiger partial charge in [-0.2, -0.15) is 5.10 Å². The topological polar surface area (TPSA) is 24.8 Å². The van der Waals surface area contributed by atoms with Gasteiger partial charge in [-0.05, 0) is 25.5 Å². The second kappa shape index (κ2) is 6.27. The van der Waals surface area contributed by atoms with E-state index in [0.29, 0.717) is 0 Å². The maximum absolute atomic E-state index is 6.41. The van der Waals surface area contributed by atoms with Crippen LogP contribution in [0, 0.1) is 13.8 Å². The van der Waals surface area contributed by atoms with Crippen molar-refractivity contribution in [1.82, 2.24) is 5.01 Å². The fourth-order valence-electron chi connectivity index (χ4n) is 4.00. The Morgan fingerprint density at radius 1 is 0.889 bits per heavy atom. The lowest BCUT2D eigenvalue weighted by molar-refractivity contribution is -0.0190. The highest BCUT2D eigenvalue weighted by molar-refractivity contribution is 6.02. The summed E-state index contributed by atoms with van der Waals surface area (Å²) >= 11 is 0. The highest BCUT2D eigenvalue weighted by atomic mass is 16.5. The van der Waals surface area contributed by atoms with Gasteiger partial charge in [-0.3, -0.25) is 0 Å². The number of nitrogens with zero attached hydrogens (tertiary/aromatic N) is 2. The molecule has 0 aromatic heterocycles. The summed E-state index contributed by atoms with van der Waals surface area (Å²) < 4.78 is 6.41. The van der Waals surface area contributed by atoms with Crippen molar-refractivity contribution in [2.45, 2.75) is 32.5 Å². The second-order valence-corrected chi connectivity index (χ2v) is 7.43. The van der Waals surface area contributed by atoms with E-state index in [-0.39, 0.29) is 12.3 Å². The molecule has 0 aliphatic carbocycles. The molecule has 0 unspecified atom stereocenters. The Morgan fingerprint density at radius 3 is 2.52 bits per heavy atom.